The molecule has 2 aromatic rings. The highest BCUT2D eigenvalue weighted by atomic mass is 32.1. The summed E-state index contributed by atoms with van der Waals surface area (Å²) in [5.41, 5.74) is 0.929. The van der Waals surface area contributed by atoms with Gasteiger partial charge in [0.1, 0.15) is 13.1 Å². The monoisotopic (exact) mass is 414 g/mol. The highest BCUT2D eigenvalue weighted by Gasteiger charge is 2.43. The number of ketones is 1. The average Bonchev–Trinajstić information content (AvgIpc) is 3.38. The predicted octanol–water partition coefficient (Wildman–Crippen LogP) is 1.03. The molecule has 2 aliphatic rings. The normalized spacial score (nSPS) is 20.5. The van der Waals surface area contributed by atoms with Crippen LogP contribution < -0.4 is 4.90 Å². The van der Waals surface area contributed by atoms with Gasteiger partial charge < -0.3 is 19.6 Å². The smallest absolute Gasteiger partial charge is 0.290 e. The maximum atomic E-state index is 13.1. The van der Waals surface area contributed by atoms with Crippen LogP contribution in [0.2, 0.25) is 0 Å². The van der Waals surface area contributed by atoms with Gasteiger partial charge in [0.05, 0.1) is 36.3 Å². The fraction of sp³-hybridized carbons (Fsp3) is 0.381. The molecule has 29 heavy (non-hydrogen) atoms. The minimum atomic E-state index is -0.597. The summed E-state index contributed by atoms with van der Waals surface area (Å²) in [7, 11) is 0. The second-order valence-electron chi connectivity index (χ2n) is 7.22. The lowest BCUT2D eigenvalue weighted by Gasteiger charge is -2.28. The lowest BCUT2D eigenvalue weighted by Crippen LogP contribution is -3.14. The Bertz CT molecular complexity index is 892. The summed E-state index contributed by atoms with van der Waals surface area (Å²) in [5.74, 6) is -1.22. The summed E-state index contributed by atoms with van der Waals surface area (Å²) in [5, 5.41) is 12.4. The summed E-state index contributed by atoms with van der Waals surface area (Å²) in [6.45, 7) is 4.85. The van der Waals surface area contributed by atoms with Gasteiger partial charge in [0, 0.05) is 25.4 Å². The van der Waals surface area contributed by atoms with Crippen molar-refractivity contribution < 1.29 is 24.3 Å². The number of hydrogen-bond donors (Lipinski definition) is 2. The van der Waals surface area contributed by atoms with Crippen molar-refractivity contribution in [3.8, 4) is 0 Å². The van der Waals surface area contributed by atoms with Gasteiger partial charge >= 0.3 is 0 Å². The number of thiophene rings is 1. The van der Waals surface area contributed by atoms with Crippen molar-refractivity contribution >= 4 is 23.0 Å². The van der Waals surface area contributed by atoms with E-state index in [4.69, 9.17) is 4.74 Å². The summed E-state index contributed by atoms with van der Waals surface area (Å²) in [6.07, 6.45) is 4.06. The van der Waals surface area contributed by atoms with Crippen LogP contribution in [0.25, 0.3) is 0 Å². The third-order valence-electron chi connectivity index (χ3n) is 5.44. The number of aromatic nitrogens is 1. The molecule has 4 heterocycles. The number of nitrogens with one attached hydrogen (secondary N) is 1. The molecule has 1 atom stereocenters. The fourth-order valence-electron chi connectivity index (χ4n) is 3.96. The number of aliphatic hydroxyl groups is 1. The third-order valence-corrected chi connectivity index (χ3v) is 6.31. The van der Waals surface area contributed by atoms with Crippen molar-refractivity contribution in [3.63, 3.8) is 0 Å². The van der Waals surface area contributed by atoms with E-state index >= 15 is 0 Å². The van der Waals surface area contributed by atoms with E-state index < -0.39 is 17.7 Å². The van der Waals surface area contributed by atoms with E-state index in [1.54, 1.807) is 41.6 Å². The first-order chi connectivity index (χ1) is 14.2. The number of carbonyl (C=O) groups is 2. The number of pyridine rings is 1. The summed E-state index contributed by atoms with van der Waals surface area (Å²) in [6, 6.07) is 6.49. The number of ether oxygens (including phenoxy) is 1. The number of Topliss-reactive ketones (excluding diaryl/α,β-unsaturated/α-hetero) is 1. The van der Waals surface area contributed by atoms with Crippen LogP contribution in [0.3, 0.4) is 0 Å². The zero-order chi connectivity index (χ0) is 20.2. The number of amides is 1. The van der Waals surface area contributed by atoms with Crippen LogP contribution in [-0.2, 0) is 9.53 Å². The number of rotatable bonds is 7. The summed E-state index contributed by atoms with van der Waals surface area (Å²) in [4.78, 5) is 33.6. The van der Waals surface area contributed by atoms with Gasteiger partial charge in [-0.1, -0.05) is 6.07 Å². The molecule has 0 radical (unpaired) electrons. The largest absolute Gasteiger partial charge is 0.503 e. The van der Waals surface area contributed by atoms with E-state index in [1.165, 1.54) is 16.2 Å². The molecular formula is C21H24N3O4S+. The lowest BCUT2D eigenvalue weighted by molar-refractivity contribution is -0.908. The molecule has 152 valence electrons. The highest BCUT2D eigenvalue weighted by Crippen LogP contribution is 2.39. The Labute approximate surface area is 173 Å². The minimum Gasteiger partial charge on any atom is -0.503 e. The molecule has 8 heteroatoms. The number of aliphatic hydroxyl groups excluding tert-OH is 1. The van der Waals surface area contributed by atoms with Crippen molar-refractivity contribution in [2.75, 3.05) is 39.4 Å². The van der Waals surface area contributed by atoms with E-state index in [1.807, 2.05) is 5.38 Å². The van der Waals surface area contributed by atoms with Crippen LogP contribution in [0.4, 0.5) is 0 Å². The lowest BCUT2D eigenvalue weighted by atomic mass is 9.96. The minimum absolute atomic E-state index is 0.155. The Hall–Kier alpha value is -2.55. The van der Waals surface area contributed by atoms with Crippen LogP contribution in [0, 0.1) is 0 Å². The number of nitrogens with zero attached hydrogens (tertiary/aromatic N) is 2. The van der Waals surface area contributed by atoms with Gasteiger partial charge in [-0.25, -0.2) is 0 Å². The molecule has 7 nitrogen and oxygen atoms in total. The maximum Gasteiger partial charge on any atom is 0.290 e. The first-order valence-electron chi connectivity index (χ1n) is 9.80. The molecule has 0 saturated carbocycles. The van der Waals surface area contributed by atoms with Crippen LogP contribution in [0.1, 0.15) is 27.7 Å². The number of quaternary nitrogens is 1. The van der Waals surface area contributed by atoms with Gasteiger partial charge in [0.25, 0.3) is 5.91 Å². The predicted molar refractivity (Wildman–Crippen MR) is 108 cm³/mol. The average molecular weight is 415 g/mol. The van der Waals surface area contributed by atoms with Crippen LogP contribution in [0.15, 0.2) is 53.4 Å². The van der Waals surface area contributed by atoms with Gasteiger partial charge in [-0.3, -0.25) is 14.6 Å². The van der Waals surface area contributed by atoms with Crippen molar-refractivity contribution in [1.82, 2.24) is 9.88 Å². The van der Waals surface area contributed by atoms with E-state index in [2.05, 4.69) is 4.98 Å². The Morgan fingerprint density at radius 1 is 1.28 bits per heavy atom. The van der Waals surface area contributed by atoms with Crippen molar-refractivity contribution in [2.45, 2.75) is 12.5 Å². The van der Waals surface area contributed by atoms with Crippen molar-refractivity contribution in [2.24, 2.45) is 0 Å². The third kappa shape index (κ3) is 4.10. The van der Waals surface area contributed by atoms with E-state index in [0.29, 0.717) is 11.4 Å². The maximum absolute atomic E-state index is 13.1. The second kappa shape index (κ2) is 8.86. The molecule has 1 amide bonds. The summed E-state index contributed by atoms with van der Waals surface area (Å²) >= 11 is 1.30. The van der Waals surface area contributed by atoms with Gasteiger partial charge in [0.15, 0.2) is 5.76 Å². The molecule has 0 aromatic carbocycles. The second-order valence-corrected chi connectivity index (χ2v) is 8.16. The molecule has 0 spiro atoms. The fourth-order valence-corrected chi connectivity index (χ4v) is 4.64. The molecule has 1 saturated heterocycles. The molecule has 4 rings (SSSR count). The molecular weight excluding hydrogens is 390 g/mol. The molecule has 0 aliphatic carbocycles. The van der Waals surface area contributed by atoms with E-state index in [0.717, 1.165) is 44.8 Å². The van der Waals surface area contributed by atoms with Gasteiger partial charge in [-0.15, -0.1) is 11.3 Å². The van der Waals surface area contributed by atoms with Crippen LogP contribution in [-0.4, -0.2) is 66.1 Å². The first-order valence-corrected chi connectivity index (χ1v) is 10.7. The van der Waals surface area contributed by atoms with Crippen molar-refractivity contribution in [3.05, 3.63) is 63.8 Å². The van der Waals surface area contributed by atoms with E-state index in [-0.39, 0.29) is 11.4 Å². The molecule has 1 fully saturated rings. The molecule has 2 N–H and O–H groups in total. The Morgan fingerprint density at radius 2 is 2.03 bits per heavy atom. The molecule has 0 bridgehead atoms. The molecule has 2 aliphatic heterocycles. The number of morpholine rings is 1. The Morgan fingerprint density at radius 3 is 2.72 bits per heavy atom. The quantitative estimate of drug-likeness (QED) is 0.661. The van der Waals surface area contributed by atoms with Gasteiger partial charge in [-0.05, 0) is 29.1 Å². The van der Waals surface area contributed by atoms with Gasteiger partial charge in [-0.2, -0.15) is 0 Å². The Balaban J connectivity index is 1.57. The van der Waals surface area contributed by atoms with E-state index in [9.17, 15) is 14.7 Å². The molecule has 2 aromatic heterocycles. The zero-order valence-electron chi connectivity index (χ0n) is 16.0. The first kappa shape index (κ1) is 19.8. The standard InChI is InChI=1S/C21H23N3O4S/c25-19(16-3-1-14-29-16)17-18(15-4-6-22-7-5-15)24(21(27)20(17)26)9-2-8-23-10-12-28-13-11-23/h1,3-7,14,18,26H,2,8-13H2/p+1/t18-/m1/s1. The van der Waals surface area contributed by atoms with Gasteiger partial charge in [0.2, 0.25) is 5.78 Å². The van der Waals surface area contributed by atoms with Crippen molar-refractivity contribution in [1.29, 1.82) is 0 Å². The highest BCUT2D eigenvalue weighted by molar-refractivity contribution is 7.12. The van der Waals surface area contributed by atoms with Crippen LogP contribution >= 0.6 is 11.3 Å². The molecule has 0 unspecified atom stereocenters. The topological polar surface area (TPSA) is 84.2 Å². The zero-order valence-corrected chi connectivity index (χ0v) is 16.9. The summed E-state index contributed by atoms with van der Waals surface area (Å²) < 4.78 is 5.39. The number of hydrogen-bond acceptors (Lipinski definition) is 6. The Kier molecular flexibility index (Phi) is 6.03. The van der Waals surface area contributed by atoms with Crippen LogP contribution in [0.5, 0.6) is 0 Å². The SMILES string of the molecule is O=C(C1=C(O)C(=O)N(CCC[NH+]2CCOCC2)[C@@H]1c1ccncc1)c1cccs1. The number of carbonyl (C=O) groups excluding carboxylic acids is 2.